The zero-order valence-corrected chi connectivity index (χ0v) is 25.1. The van der Waals surface area contributed by atoms with Gasteiger partial charge in [0.05, 0.1) is 37.7 Å². The van der Waals surface area contributed by atoms with E-state index in [0.717, 1.165) is 47.6 Å². The van der Waals surface area contributed by atoms with E-state index < -0.39 is 12.7 Å². The number of nitrogens with zero attached hydrogens (tertiary/aromatic N) is 2. The number of ether oxygens (including phenoxy) is 1. The fourth-order valence-electron chi connectivity index (χ4n) is 4.46. The van der Waals surface area contributed by atoms with Crippen molar-refractivity contribution in [1.82, 2.24) is 9.47 Å². The fourth-order valence-corrected chi connectivity index (χ4v) is 4.88. The number of nitrogens with one attached hydrogen (secondary N) is 2. The van der Waals surface area contributed by atoms with Crippen LogP contribution in [0, 0.1) is 11.8 Å². The van der Waals surface area contributed by atoms with Crippen LogP contribution >= 0.6 is 11.8 Å². The molecule has 1 aliphatic heterocycles. The summed E-state index contributed by atoms with van der Waals surface area (Å²) in [6.07, 6.45) is -0.377. The molecule has 2 heterocycles. The molecule has 0 spiro atoms. The molecule has 0 unspecified atom stereocenters. The summed E-state index contributed by atoms with van der Waals surface area (Å²) >= 11 is 1.61. The molecule has 1 fully saturated rings. The molecule has 3 N–H and O–H groups in total. The molecule has 6 nitrogen and oxygen atoms in total. The molecule has 1 aromatic heterocycles. The summed E-state index contributed by atoms with van der Waals surface area (Å²) in [5.41, 5.74) is 2.50. The summed E-state index contributed by atoms with van der Waals surface area (Å²) in [6, 6.07) is 13.3. The van der Waals surface area contributed by atoms with Gasteiger partial charge in [0.15, 0.2) is 0 Å². The van der Waals surface area contributed by atoms with Gasteiger partial charge in [0.25, 0.3) is 0 Å². The number of rotatable bonds is 7. The number of methoxy groups -OCH3 is 1. The number of thioether (sulfide) groups is 1. The summed E-state index contributed by atoms with van der Waals surface area (Å²) in [5.74, 6) is 6.64. The predicted octanol–water partition coefficient (Wildman–Crippen LogP) is 6.49. The second-order valence-electron chi connectivity index (χ2n) is 9.23. The van der Waals surface area contributed by atoms with Crippen LogP contribution in [0.3, 0.4) is 0 Å². The summed E-state index contributed by atoms with van der Waals surface area (Å²) in [5, 5.41) is 15.1. The fraction of sp³-hybridized carbons (Fsp3) is 0.467. The molecule has 11 heteroatoms. The number of benzene rings is 2. The molecule has 0 radical (unpaired) electrons. The van der Waals surface area contributed by atoms with Gasteiger partial charge in [0.2, 0.25) is 0 Å². The number of halogens is 4. The van der Waals surface area contributed by atoms with E-state index in [2.05, 4.69) is 34.4 Å². The number of anilines is 2. The minimum Gasteiger partial charge on any atom is -0.495 e. The Morgan fingerprint density at radius 3 is 2.39 bits per heavy atom. The normalized spacial score (nSPS) is 13.7. The van der Waals surface area contributed by atoms with Crippen molar-refractivity contribution < 1.29 is 27.4 Å². The maximum absolute atomic E-state index is 13.5. The van der Waals surface area contributed by atoms with Crippen LogP contribution < -0.4 is 15.4 Å². The third kappa shape index (κ3) is 10.4. The minimum absolute atomic E-state index is 0.250. The zero-order chi connectivity index (χ0) is 30.4. The van der Waals surface area contributed by atoms with Gasteiger partial charge in [-0.3, -0.25) is 4.39 Å². The van der Waals surface area contributed by atoms with Gasteiger partial charge in [-0.1, -0.05) is 12.0 Å². The molecule has 0 atom stereocenters. The van der Waals surface area contributed by atoms with E-state index >= 15 is 0 Å². The number of hydrogen-bond acceptors (Lipinski definition) is 6. The van der Waals surface area contributed by atoms with E-state index in [-0.39, 0.29) is 13.2 Å². The lowest BCUT2D eigenvalue weighted by Gasteiger charge is -2.30. The van der Waals surface area contributed by atoms with Crippen molar-refractivity contribution in [3.05, 3.63) is 48.2 Å². The molecule has 2 aromatic carbocycles. The predicted molar refractivity (Wildman–Crippen MR) is 162 cm³/mol. The van der Waals surface area contributed by atoms with Gasteiger partial charge in [-0.15, -0.1) is 11.8 Å². The van der Waals surface area contributed by atoms with E-state index in [0.29, 0.717) is 30.2 Å². The molecular weight excluding hydrogens is 556 g/mol. The van der Waals surface area contributed by atoms with Crippen LogP contribution in [0.5, 0.6) is 5.75 Å². The first kappa shape index (κ1) is 34.1. The third-order valence-electron chi connectivity index (χ3n) is 6.35. The van der Waals surface area contributed by atoms with Crippen LogP contribution in [0.4, 0.5) is 28.9 Å². The molecule has 0 aliphatic carbocycles. The van der Waals surface area contributed by atoms with Crippen molar-refractivity contribution in [2.45, 2.75) is 43.4 Å². The Bertz CT molecular complexity index is 1280. The van der Waals surface area contributed by atoms with E-state index in [4.69, 9.17) is 9.84 Å². The summed E-state index contributed by atoms with van der Waals surface area (Å²) in [4.78, 5) is 3.36. The molecular formula is C30H40F4N4O2S. The van der Waals surface area contributed by atoms with Crippen molar-refractivity contribution in [2.75, 3.05) is 64.5 Å². The third-order valence-corrected chi connectivity index (χ3v) is 7.08. The van der Waals surface area contributed by atoms with Gasteiger partial charge < -0.3 is 29.9 Å². The number of aromatic nitrogens is 1. The van der Waals surface area contributed by atoms with Gasteiger partial charge in [-0.05, 0) is 88.5 Å². The van der Waals surface area contributed by atoms with E-state index in [1.165, 1.54) is 4.57 Å². The average Bonchev–Trinajstić information content (AvgIpc) is 3.30. The van der Waals surface area contributed by atoms with E-state index in [1.807, 2.05) is 30.5 Å². The summed E-state index contributed by atoms with van der Waals surface area (Å²) in [6.45, 7) is 3.10. The Balaban J connectivity index is 0.00000110. The maximum Gasteiger partial charge on any atom is 0.406 e. The Morgan fingerprint density at radius 1 is 1.10 bits per heavy atom. The SMILES string of the molecule is CCO.CF.COc1cc(SC)ccc1NCC#Cc1cc2c(NC3CCN(C)CC3)cccc2n1CC(F)(F)F. The van der Waals surface area contributed by atoms with Crippen molar-refractivity contribution >= 4 is 34.0 Å². The number of fused-ring (bicyclic) bond motifs is 1. The number of piperidine rings is 1. The quantitative estimate of drug-likeness (QED) is 0.165. The monoisotopic (exact) mass is 596 g/mol. The molecule has 226 valence electrons. The van der Waals surface area contributed by atoms with Crippen LogP contribution in [0.25, 0.3) is 10.9 Å². The Labute approximate surface area is 244 Å². The van der Waals surface area contributed by atoms with Gasteiger partial charge in [-0.2, -0.15) is 13.2 Å². The summed E-state index contributed by atoms with van der Waals surface area (Å²) in [7, 11) is 4.20. The molecule has 4 rings (SSSR count). The van der Waals surface area contributed by atoms with Gasteiger partial charge in [-0.25, -0.2) is 0 Å². The molecule has 1 aliphatic rings. The highest BCUT2D eigenvalue weighted by atomic mass is 32.2. The van der Waals surface area contributed by atoms with E-state index in [9.17, 15) is 17.6 Å². The minimum atomic E-state index is -4.36. The number of aliphatic hydroxyl groups excluding tert-OH is 1. The van der Waals surface area contributed by atoms with Crippen LogP contribution in [0.15, 0.2) is 47.4 Å². The van der Waals surface area contributed by atoms with Crippen molar-refractivity contribution in [3.8, 4) is 17.6 Å². The second-order valence-corrected chi connectivity index (χ2v) is 10.1. The van der Waals surface area contributed by atoms with Crippen LogP contribution in [0.1, 0.15) is 25.5 Å². The molecule has 41 heavy (non-hydrogen) atoms. The number of alkyl halides is 4. The number of likely N-dealkylation sites (tertiary alicyclic amines) is 1. The highest BCUT2D eigenvalue weighted by Crippen LogP contribution is 2.32. The first-order valence-electron chi connectivity index (χ1n) is 13.3. The standard InChI is InChI=1S/C27H31F3N4OS.C2H6O.CH3F/c1-33-14-11-19(12-15-33)32-23-7-4-8-25-22(23)16-20(34(25)18-27(28,29)30)6-5-13-31-24-10-9-21(36-3)17-26(24)35-2;1-2-3;1-2/h4,7-10,16-17,19,31-32H,11-15,18H2,1-3H3;3H,2H2,1H3;1H3. The largest absolute Gasteiger partial charge is 0.495 e. The van der Waals surface area contributed by atoms with Crippen LogP contribution in [-0.2, 0) is 6.54 Å². The Morgan fingerprint density at radius 2 is 1.78 bits per heavy atom. The molecule has 3 aromatic rings. The van der Waals surface area contributed by atoms with Crippen molar-refractivity contribution in [1.29, 1.82) is 0 Å². The number of aliphatic hydroxyl groups is 1. The van der Waals surface area contributed by atoms with Gasteiger partial charge in [0, 0.05) is 28.6 Å². The van der Waals surface area contributed by atoms with Crippen LogP contribution in [0.2, 0.25) is 0 Å². The topological polar surface area (TPSA) is 61.7 Å². The highest BCUT2D eigenvalue weighted by molar-refractivity contribution is 7.98. The zero-order valence-electron chi connectivity index (χ0n) is 24.2. The first-order valence-corrected chi connectivity index (χ1v) is 14.5. The molecule has 0 bridgehead atoms. The lowest BCUT2D eigenvalue weighted by molar-refractivity contribution is -0.140. The lowest BCUT2D eigenvalue weighted by Crippen LogP contribution is -2.36. The summed E-state index contributed by atoms with van der Waals surface area (Å²) < 4.78 is 56.6. The maximum atomic E-state index is 13.5. The Hall–Kier alpha value is -3.07. The van der Waals surface area contributed by atoms with Crippen molar-refractivity contribution in [2.24, 2.45) is 0 Å². The number of hydrogen-bond donors (Lipinski definition) is 3. The molecule has 0 saturated carbocycles. The first-order chi connectivity index (χ1) is 19.7. The van der Waals surface area contributed by atoms with E-state index in [1.54, 1.807) is 44.0 Å². The lowest BCUT2D eigenvalue weighted by atomic mass is 10.0. The molecule has 0 amide bonds. The Kier molecular flexibility index (Phi) is 14.2. The smallest absolute Gasteiger partial charge is 0.406 e. The van der Waals surface area contributed by atoms with Crippen molar-refractivity contribution in [3.63, 3.8) is 0 Å². The average molecular weight is 597 g/mol. The molecule has 1 saturated heterocycles. The van der Waals surface area contributed by atoms with Crippen LogP contribution in [-0.4, -0.2) is 80.6 Å². The van der Waals surface area contributed by atoms with Gasteiger partial charge >= 0.3 is 6.18 Å². The van der Waals surface area contributed by atoms with Gasteiger partial charge in [0.1, 0.15) is 12.3 Å². The second kappa shape index (κ2) is 17.0. The highest BCUT2D eigenvalue weighted by Gasteiger charge is 2.30.